The summed E-state index contributed by atoms with van der Waals surface area (Å²) in [5.41, 5.74) is 0. The molecule has 0 aromatic carbocycles. The lowest BCUT2D eigenvalue weighted by Gasteiger charge is -2.12. The molecule has 0 amide bonds. The molecule has 0 bridgehead atoms. The first-order chi connectivity index (χ1) is 4.52. The molecule has 6 nitrogen and oxygen atoms in total. The Bertz CT molecular complexity index is 75.8. The lowest BCUT2D eigenvalue weighted by Crippen LogP contribution is -2.31. The molecular weight excluding hydrogens is 142 g/mol. The first kappa shape index (κ1) is 9.89. The van der Waals surface area contributed by atoms with E-state index in [1.165, 1.54) is 6.92 Å². The van der Waals surface area contributed by atoms with Crippen LogP contribution in [0.25, 0.3) is 0 Å². The smallest absolute Gasteiger partial charge is 0.402 e. The number of hydrogen-bond acceptors (Lipinski definition) is 6. The monoisotopic (exact) mass is 150 g/mol. The van der Waals surface area contributed by atoms with Gasteiger partial charge in [0, 0.05) is 0 Å². The summed E-state index contributed by atoms with van der Waals surface area (Å²) in [5, 5.41) is 32.5. The SMILES string of the molecule is CC(OB(O)O)OB(O)O. The van der Waals surface area contributed by atoms with E-state index in [1.807, 2.05) is 0 Å². The zero-order chi connectivity index (χ0) is 8.15. The first-order valence-electron chi connectivity index (χ1n) is 2.55. The standard InChI is InChI=1S/C2H8B2O6/c1-2(9-3(5)6)10-4(7)8/h2,5-8H,1H3. The van der Waals surface area contributed by atoms with Crippen LogP contribution in [0.2, 0.25) is 0 Å². The molecule has 0 radical (unpaired) electrons. The van der Waals surface area contributed by atoms with Crippen LogP contribution in [0.15, 0.2) is 0 Å². The summed E-state index contributed by atoms with van der Waals surface area (Å²) in [7, 11) is -3.96. The maximum absolute atomic E-state index is 8.13. The lowest BCUT2D eigenvalue weighted by atomic mass is 10.2. The van der Waals surface area contributed by atoms with Crippen molar-refractivity contribution in [3.63, 3.8) is 0 Å². The number of hydrogen-bond donors (Lipinski definition) is 4. The van der Waals surface area contributed by atoms with E-state index in [0.717, 1.165) is 0 Å². The van der Waals surface area contributed by atoms with Crippen molar-refractivity contribution in [3.8, 4) is 0 Å². The Kier molecular flexibility index (Phi) is 4.62. The van der Waals surface area contributed by atoms with Gasteiger partial charge in [0.1, 0.15) is 6.29 Å². The Morgan fingerprint density at radius 1 is 1.00 bits per heavy atom. The Labute approximate surface area is 58.4 Å². The van der Waals surface area contributed by atoms with Gasteiger partial charge in [0.2, 0.25) is 0 Å². The summed E-state index contributed by atoms with van der Waals surface area (Å²) in [4.78, 5) is 0. The molecule has 0 unspecified atom stereocenters. The van der Waals surface area contributed by atoms with Crippen molar-refractivity contribution < 1.29 is 29.4 Å². The Morgan fingerprint density at radius 2 is 1.30 bits per heavy atom. The fraction of sp³-hybridized carbons (Fsp3) is 1.00. The van der Waals surface area contributed by atoms with Crippen molar-refractivity contribution in [2.75, 3.05) is 0 Å². The molecule has 58 valence electrons. The predicted octanol–water partition coefficient (Wildman–Crippen LogP) is -2.70. The van der Waals surface area contributed by atoms with Crippen LogP contribution in [0.5, 0.6) is 0 Å². The minimum Gasteiger partial charge on any atom is -0.402 e. The van der Waals surface area contributed by atoms with Crippen molar-refractivity contribution >= 4 is 14.6 Å². The average molecular weight is 150 g/mol. The minimum atomic E-state index is -1.98. The second kappa shape index (κ2) is 4.67. The van der Waals surface area contributed by atoms with Crippen LogP contribution < -0.4 is 0 Å². The first-order valence-corrected chi connectivity index (χ1v) is 2.55. The third-order valence-corrected chi connectivity index (χ3v) is 0.627. The third-order valence-electron chi connectivity index (χ3n) is 0.627. The van der Waals surface area contributed by atoms with Gasteiger partial charge in [-0.3, -0.25) is 0 Å². The van der Waals surface area contributed by atoms with E-state index in [-0.39, 0.29) is 0 Å². The van der Waals surface area contributed by atoms with E-state index in [0.29, 0.717) is 0 Å². The van der Waals surface area contributed by atoms with Crippen LogP contribution in [0.4, 0.5) is 0 Å². The molecule has 0 aromatic rings. The van der Waals surface area contributed by atoms with E-state index < -0.39 is 20.9 Å². The van der Waals surface area contributed by atoms with Gasteiger partial charge in [-0.15, -0.1) is 0 Å². The van der Waals surface area contributed by atoms with Crippen LogP contribution in [0, 0.1) is 0 Å². The molecular formula is C2H8B2O6. The van der Waals surface area contributed by atoms with Crippen LogP contribution in [-0.4, -0.2) is 41.0 Å². The molecule has 0 aliphatic carbocycles. The van der Waals surface area contributed by atoms with Crippen molar-refractivity contribution in [2.45, 2.75) is 13.2 Å². The summed E-state index contributed by atoms with van der Waals surface area (Å²) in [6, 6.07) is 0. The van der Waals surface area contributed by atoms with E-state index in [4.69, 9.17) is 20.1 Å². The molecule has 0 aliphatic rings. The van der Waals surface area contributed by atoms with E-state index in [1.54, 1.807) is 0 Å². The second-order valence-electron chi connectivity index (χ2n) is 1.49. The van der Waals surface area contributed by atoms with Gasteiger partial charge in [-0.25, -0.2) is 0 Å². The Hall–Kier alpha value is -0.110. The van der Waals surface area contributed by atoms with E-state index in [2.05, 4.69) is 9.31 Å². The molecule has 0 saturated carbocycles. The van der Waals surface area contributed by atoms with Gasteiger partial charge in [-0.2, -0.15) is 0 Å². The molecule has 0 atom stereocenters. The maximum Gasteiger partial charge on any atom is 0.635 e. The molecule has 0 rings (SSSR count). The van der Waals surface area contributed by atoms with Gasteiger partial charge in [0.25, 0.3) is 0 Å². The molecule has 0 saturated heterocycles. The van der Waals surface area contributed by atoms with Crippen LogP contribution >= 0.6 is 0 Å². The second-order valence-corrected chi connectivity index (χ2v) is 1.49. The van der Waals surface area contributed by atoms with Gasteiger partial charge >= 0.3 is 14.6 Å². The summed E-state index contributed by atoms with van der Waals surface area (Å²) in [6.45, 7) is 1.28. The van der Waals surface area contributed by atoms with Gasteiger partial charge in [-0.1, -0.05) is 0 Å². The van der Waals surface area contributed by atoms with E-state index >= 15 is 0 Å². The molecule has 10 heavy (non-hydrogen) atoms. The summed E-state index contributed by atoms with van der Waals surface area (Å²) >= 11 is 0. The van der Waals surface area contributed by atoms with Crippen molar-refractivity contribution in [2.24, 2.45) is 0 Å². The van der Waals surface area contributed by atoms with Gasteiger partial charge in [0.15, 0.2) is 0 Å². The highest BCUT2D eigenvalue weighted by atomic mass is 16.8. The normalized spacial score (nSPS) is 10.2. The summed E-state index contributed by atoms with van der Waals surface area (Å²) in [6.07, 6.45) is -1.08. The molecule has 0 spiro atoms. The van der Waals surface area contributed by atoms with Gasteiger partial charge in [0.05, 0.1) is 0 Å². The van der Waals surface area contributed by atoms with Crippen molar-refractivity contribution in [3.05, 3.63) is 0 Å². The molecule has 0 aliphatic heterocycles. The predicted molar refractivity (Wildman–Crippen MR) is 32.0 cm³/mol. The lowest BCUT2D eigenvalue weighted by molar-refractivity contribution is -0.0399. The van der Waals surface area contributed by atoms with Crippen LogP contribution in [0.3, 0.4) is 0 Å². The highest BCUT2D eigenvalue weighted by molar-refractivity contribution is 6.34. The van der Waals surface area contributed by atoms with Crippen LogP contribution in [-0.2, 0) is 9.31 Å². The highest BCUT2D eigenvalue weighted by Crippen LogP contribution is 1.93. The molecule has 0 heterocycles. The topological polar surface area (TPSA) is 99.4 Å². The zero-order valence-corrected chi connectivity index (χ0v) is 5.34. The minimum absolute atomic E-state index is 1.08. The zero-order valence-electron chi connectivity index (χ0n) is 5.34. The highest BCUT2D eigenvalue weighted by Gasteiger charge is 2.19. The molecule has 0 fully saturated rings. The quantitative estimate of drug-likeness (QED) is 0.257. The molecule has 8 heteroatoms. The summed E-state index contributed by atoms with van der Waals surface area (Å²) in [5.74, 6) is 0. The Morgan fingerprint density at radius 3 is 1.50 bits per heavy atom. The van der Waals surface area contributed by atoms with Crippen molar-refractivity contribution in [1.82, 2.24) is 0 Å². The fourth-order valence-electron chi connectivity index (χ4n) is 0.375. The van der Waals surface area contributed by atoms with Gasteiger partial charge < -0.3 is 29.4 Å². The third kappa shape index (κ3) is 6.02. The average Bonchev–Trinajstić information content (AvgIpc) is 1.58. The van der Waals surface area contributed by atoms with Crippen molar-refractivity contribution in [1.29, 1.82) is 0 Å². The maximum atomic E-state index is 8.13. The Balaban J connectivity index is 3.34. The fourth-order valence-corrected chi connectivity index (χ4v) is 0.375. The summed E-state index contributed by atoms with van der Waals surface area (Å²) < 4.78 is 8.26. The number of rotatable bonds is 4. The van der Waals surface area contributed by atoms with Crippen LogP contribution in [0.1, 0.15) is 6.92 Å². The largest absolute Gasteiger partial charge is 0.635 e. The molecule has 0 aromatic heterocycles. The van der Waals surface area contributed by atoms with Gasteiger partial charge in [-0.05, 0) is 6.92 Å². The molecule has 4 N–H and O–H groups in total. The van der Waals surface area contributed by atoms with E-state index in [9.17, 15) is 0 Å².